The number of hydrogen-bond acceptors (Lipinski definition) is 21. The number of nitrogens with zero attached hydrogens (tertiary/aromatic N) is 6. The van der Waals surface area contributed by atoms with Crippen LogP contribution in [0.1, 0.15) is 97.1 Å². The van der Waals surface area contributed by atoms with Crippen molar-refractivity contribution < 1.29 is 63.8 Å². The number of thiazole rings is 3. The number of phenolic OH excluding ortho intramolecular Hbond substituents is 6. The lowest BCUT2D eigenvalue weighted by atomic mass is 10.1. The minimum atomic E-state index is -0.539. The Hall–Kier alpha value is -15.7. The number of aryl methyl sites for hydroxylation is 5. The van der Waals surface area contributed by atoms with Gasteiger partial charge in [0.15, 0.2) is 32.6 Å². The molecule has 0 fully saturated rings. The van der Waals surface area contributed by atoms with Crippen LogP contribution in [-0.4, -0.2) is 111 Å². The number of halogens is 1. The summed E-state index contributed by atoms with van der Waals surface area (Å²) in [5.41, 5.74) is 13.4. The number of hydrogen-bond donors (Lipinski definition) is 15. The fourth-order valence-electron chi connectivity index (χ4n) is 11.5. The molecule has 18 rings (SSSR count). The molecule has 0 saturated carbocycles. The Bertz CT molecular complexity index is 6220. The number of aromatic hydroxyl groups is 6. The number of aromatic nitrogens is 9. The molecule has 27 nitrogen and oxygen atoms in total. The minimum absolute atomic E-state index is 0. The van der Waals surface area contributed by atoms with E-state index in [1.807, 2.05) is 192 Å². The minimum Gasteiger partial charge on any atom is -0.507 e. The van der Waals surface area contributed by atoms with E-state index in [-0.39, 0.29) is 105 Å². The summed E-state index contributed by atoms with van der Waals surface area (Å²) in [6, 6.07) is 73.3. The molecular formula is C90H76FN15O12S3. The zero-order chi connectivity index (χ0) is 84.7. The molecule has 608 valence electrons. The van der Waals surface area contributed by atoms with Crippen LogP contribution in [-0.2, 0) is 0 Å². The summed E-state index contributed by atoms with van der Waals surface area (Å²) in [4.78, 5) is 107. The van der Waals surface area contributed by atoms with Gasteiger partial charge in [-0.25, -0.2) is 34.3 Å². The van der Waals surface area contributed by atoms with Crippen molar-refractivity contribution in [2.75, 3.05) is 31.9 Å². The van der Waals surface area contributed by atoms with Gasteiger partial charge in [0, 0.05) is 6.07 Å². The monoisotopic (exact) mass is 1670 g/mol. The first-order chi connectivity index (χ1) is 57.8. The van der Waals surface area contributed by atoms with Crippen LogP contribution in [0.4, 0.5) is 38.0 Å². The molecule has 0 aliphatic carbocycles. The Balaban J connectivity index is 0.000000133. The number of carbonyl (C=O) groups excluding carboxylic acids is 6. The number of nitrogens with one attached hydrogen (secondary N) is 9. The molecule has 0 spiro atoms. The van der Waals surface area contributed by atoms with Gasteiger partial charge in [0.25, 0.3) is 35.4 Å². The Labute approximate surface area is 701 Å². The highest BCUT2D eigenvalue weighted by Crippen LogP contribution is 2.33. The molecule has 12 aromatic carbocycles. The maximum absolute atomic E-state index is 13.1. The Kier molecular flexibility index (Phi) is 26.8. The molecule has 6 heterocycles. The summed E-state index contributed by atoms with van der Waals surface area (Å²) in [6.07, 6.45) is 0. The lowest BCUT2D eigenvalue weighted by molar-refractivity contribution is 0.101. The SMILES string of the molecule is C.Cc1ccc(NC(=O)c2nc3ccccc3[nH]2)c(O)c1.Cc1ccc(NC(=O)c2nc3ccccc3s2)c(O)c1.Cc1ccc(O)c(C(=O)Nc2nc3ccccc3s2)c1.Cc1ccc(O)c(NC(=O)c2nc3ccccc3[nH]2)c1.Cc1ccc(O)c(NC(=O)c2nc3ccccc3[nH]2)c1.O=C(Nc1cc(F)ccc1O)c1nc2ccccc2s1. The van der Waals surface area contributed by atoms with Gasteiger partial charge in [0.2, 0.25) is 0 Å². The molecule has 0 unspecified atom stereocenters. The van der Waals surface area contributed by atoms with Gasteiger partial charge in [0.1, 0.15) is 40.3 Å². The molecule has 31 heteroatoms. The van der Waals surface area contributed by atoms with Gasteiger partial charge >= 0.3 is 0 Å². The maximum atomic E-state index is 13.1. The first-order valence-electron chi connectivity index (χ1n) is 36.6. The average molecular weight is 1670 g/mol. The number of imidazole rings is 3. The second kappa shape index (κ2) is 38.4. The summed E-state index contributed by atoms with van der Waals surface area (Å²) in [7, 11) is 0. The van der Waals surface area contributed by atoms with Crippen LogP contribution in [0.3, 0.4) is 0 Å². The van der Waals surface area contributed by atoms with Crippen LogP contribution >= 0.6 is 34.0 Å². The highest BCUT2D eigenvalue weighted by atomic mass is 32.1. The lowest BCUT2D eigenvalue weighted by Crippen LogP contribution is -2.13. The van der Waals surface area contributed by atoms with Gasteiger partial charge in [-0.05, 0) is 202 Å². The van der Waals surface area contributed by atoms with Crippen molar-refractivity contribution in [3.63, 3.8) is 0 Å². The molecule has 0 atom stereocenters. The number of aromatic amines is 3. The largest absolute Gasteiger partial charge is 0.507 e. The predicted molar refractivity (Wildman–Crippen MR) is 474 cm³/mol. The molecule has 0 aliphatic heterocycles. The highest BCUT2D eigenvalue weighted by molar-refractivity contribution is 7.22. The van der Waals surface area contributed by atoms with E-state index in [2.05, 4.69) is 76.8 Å². The number of phenols is 6. The number of fused-ring (bicyclic) bond motifs is 6. The average Bonchev–Trinajstić information content (AvgIpc) is 1.69. The van der Waals surface area contributed by atoms with Gasteiger partial charge in [-0.2, -0.15) is 0 Å². The Morgan fingerprint density at radius 2 is 0.603 bits per heavy atom. The smallest absolute Gasteiger partial charge is 0.291 e. The fourth-order valence-corrected chi connectivity index (χ4v) is 14.1. The summed E-state index contributed by atoms with van der Waals surface area (Å²) >= 11 is 3.97. The molecule has 6 amide bonds. The number of benzene rings is 12. The molecule has 15 N–H and O–H groups in total. The topological polar surface area (TPSA) is 421 Å². The molecular weight excluding hydrogens is 1600 g/mol. The van der Waals surface area contributed by atoms with Crippen molar-refractivity contribution in [3.8, 4) is 34.5 Å². The second-order valence-electron chi connectivity index (χ2n) is 26.8. The molecule has 18 aromatic rings. The van der Waals surface area contributed by atoms with E-state index in [4.69, 9.17) is 0 Å². The predicted octanol–water partition coefficient (Wildman–Crippen LogP) is 19.6. The molecule has 0 radical (unpaired) electrons. The zero-order valence-corrected chi connectivity index (χ0v) is 66.6. The zero-order valence-electron chi connectivity index (χ0n) is 64.2. The molecule has 0 bridgehead atoms. The third-order valence-electron chi connectivity index (χ3n) is 17.5. The summed E-state index contributed by atoms with van der Waals surface area (Å²) in [6.45, 7) is 9.38. The van der Waals surface area contributed by atoms with E-state index < -0.39 is 11.7 Å². The van der Waals surface area contributed by atoms with Gasteiger partial charge < -0.3 is 72.2 Å². The van der Waals surface area contributed by atoms with Crippen molar-refractivity contribution in [2.24, 2.45) is 0 Å². The van der Waals surface area contributed by atoms with E-state index >= 15 is 0 Å². The third-order valence-corrected chi connectivity index (χ3v) is 20.5. The standard InChI is InChI=1S/3C15H13N3O2.2C15H12N2O2S.C14H9FN2O2S.CH4/c2*1-9-6-7-13(19)12(8-9)18-15(20)14-16-10-4-2-3-5-11(10)17-14;1-9-6-7-12(13(19)8-9)18-15(20)14-16-10-4-2-3-5-11(10)17-14;1-9-6-7-12(18)10(8-9)14(19)17-15-16-11-4-2-3-5-13(11)20-15;1-9-6-7-10(12(18)8-9)16-14(19)15-17-11-4-2-3-5-13(11)20-15;15-8-5-6-11(18)10(7-8)16-13(19)14-17-9-3-1-2-4-12(9)20-14;/h3*2-8,19H,1H3,(H,16,17)(H,18,20);2-8,18H,1H3,(H,16,17,19);2-8,18H,1H3,(H,16,19);1-7,18H,(H,16,19);1H4. The fraction of sp³-hybridized carbons (Fsp3) is 0.0667. The van der Waals surface area contributed by atoms with Crippen LogP contribution in [0.15, 0.2) is 255 Å². The summed E-state index contributed by atoms with van der Waals surface area (Å²) < 4.78 is 16.0. The van der Waals surface area contributed by atoms with Crippen molar-refractivity contribution >= 4 is 167 Å². The van der Waals surface area contributed by atoms with Crippen molar-refractivity contribution in [2.45, 2.75) is 42.0 Å². The number of rotatable bonds is 12. The van der Waals surface area contributed by atoms with Crippen LogP contribution in [0.5, 0.6) is 34.5 Å². The van der Waals surface area contributed by atoms with E-state index in [9.17, 15) is 63.8 Å². The van der Waals surface area contributed by atoms with E-state index in [1.165, 1.54) is 46.1 Å². The summed E-state index contributed by atoms with van der Waals surface area (Å²) in [5.74, 6) is -2.29. The first-order valence-corrected chi connectivity index (χ1v) is 39.0. The number of H-pyrrole nitrogens is 3. The van der Waals surface area contributed by atoms with Crippen LogP contribution in [0.2, 0.25) is 0 Å². The van der Waals surface area contributed by atoms with Crippen molar-refractivity contribution in [1.82, 2.24) is 44.9 Å². The number of anilines is 6. The van der Waals surface area contributed by atoms with Crippen LogP contribution in [0, 0.1) is 40.4 Å². The molecule has 121 heavy (non-hydrogen) atoms. The molecule has 0 aliphatic rings. The van der Waals surface area contributed by atoms with Gasteiger partial charge in [0.05, 0.1) is 97.8 Å². The quantitative estimate of drug-likeness (QED) is 0.0505. The number of para-hydroxylation sites is 9. The van der Waals surface area contributed by atoms with E-state index in [0.29, 0.717) is 32.9 Å². The van der Waals surface area contributed by atoms with E-state index in [0.717, 1.165) is 104 Å². The lowest BCUT2D eigenvalue weighted by Gasteiger charge is -2.06. The maximum Gasteiger partial charge on any atom is 0.291 e. The normalized spacial score (nSPS) is 10.6. The van der Waals surface area contributed by atoms with Gasteiger partial charge in [-0.1, -0.05) is 127 Å². The van der Waals surface area contributed by atoms with Crippen LogP contribution in [0.25, 0.3) is 63.8 Å². The second-order valence-corrected chi connectivity index (χ2v) is 29.8. The Morgan fingerprint density at radius 1 is 0.289 bits per heavy atom. The van der Waals surface area contributed by atoms with Crippen LogP contribution < -0.4 is 31.9 Å². The molecule has 6 aromatic heterocycles. The van der Waals surface area contributed by atoms with Crippen molar-refractivity contribution in [1.29, 1.82) is 0 Å². The number of carbonyl (C=O) groups is 6. The van der Waals surface area contributed by atoms with Gasteiger partial charge in [-0.3, -0.25) is 34.1 Å². The van der Waals surface area contributed by atoms with E-state index in [1.54, 1.807) is 72.8 Å². The third kappa shape index (κ3) is 21.7. The highest BCUT2D eigenvalue weighted by Gasteiger charge is 2.21. The van der Waals surface area contributed by atoms with Gasteiger partial charge in [-0.15, -0.1) is 22.7 Å². The van der Waals surface area contributed by atoms with Crippen molar-refractivity contribution in [3.05, 3.63) is 321 Å². The molecule has 0 saturated heterocycles. The number of amides is 6. The summed E-state index contributed by atoms with van der Waals surface area (Å²) in [5, 5.41) is 75.3. The first kappa shape index (κ1) is 84.7. The Morgan fingerprint density at radius 3 is 1.00 bits per heavy atom.